The molecule has 140 valence electrons. The summed E-state index contributed by atoms with van der Waals surface area (Å²) in [5.41, 5.74) is 2.05. The normalized spacial score (nSPS) is 10.8. The van der Waals surface area contributed by atoms with Crippen molar-refractivity contribution in [2.24, 2.45) is 13.0 Å². The number of nitrogens with one attached hydrogen (secondary N) is 1. The SMILES string of the molecule is CCCN(Cc1nccn1C)C(=O)c1cc(C)ccc1NC(=O)C(C)C. The fourth-order valence-electron chi connectivity index (χ4n) is 2.63. The van der Waals surface area contributed by atoms with Crippen LogP contribution in [0.4, 0.5) is 5.69 Å². The maximum atomic E-state index is 13.2. The van der Waals surface area contributed by atoms with E-state index in [1.54, 1.807) is 17.2 Å². The van der Waals surface area contributed by atoms with Gasteiger partial charge >= 0.3 is 0 Å². The molecule has 6 nitrogen and oxygen atoms in total. The van der Waals surface area contributed by atoms with Gasteiger partial charge in [0.2, 0.25) is 5.91 Å². The van der Waals surface area contributed by atoms with Gasteiger partial charge in [-0.05, 0) is 25.5 Å². The Balaban J connectivity index is 2.33. The summed E-state index contributed by atoms with van der Waals surface area (Å²) in [5, 5.41) is 2.88. The van der Waals surface area contributed by atoms with Crippen LogP contribution in [0.1, 0.15) is 48.9 Å². The molecule has 1 heterocycles. The topological polar surface area (TPSA) is 67.2 Å². The zero-order valence-electron chi connectivity index (χ0n) is 16.2. The number of benzene rings is 1. The standard InChI is InChI=1S/C20H28N4O2/c1-6-10-24(13-18-21-9-11-23(18)5)20(26)16-12-15(4)7-8-17(16)22-19(25)14(2)3/h7-9,11-12,14H,6,10,13H2,1-5H3,(H,22,25). The molecular weight excluding hydrogens is 328 g/mol. The second-order valence-corrected chi connectivity index (χ2v) is 6.87. The van der Waals surface area contributed by atoms with Gasteiger partial charge in [0.15, 0.2) is 0 Å². The van der Waals surface area contributed by atoms with Crippen LogP contribution in [0.2, 0.25) is 0 Å². The Morgan fingerprint density at radius 1 is 1.31 bits per heavy atom. The summed E-state index contributed by atoms with van der Waals surface area (Å²) in [5.74, 6) is 0.470. The summed E-state index contributed by atoms with van der Waals surface area (Å²) < 4.78 is 1.91. The van der Waals surface area contributed by atoms with E-state index in [1.165, 1.54) is 0 Å². The van der Waals surface area contributed by atoms with Crippen molar-refractivity contribution in [3.63, 3.8) is 0 Å². The zero-order valence-corrected chi connectivity index (χ0v) is 16.2. The Hall–Kier alpha value is -2.63. The molecule has 2 rings (SSSR count). The number of aryl methyl sites for hydroxylation is 2. The molecule has 0 radical (unpaired) electrons. The molecule has 1 aromatic carbocycles. The van der Waals surface area contributed by atoms with E-state index >= 15 is 0 Å². The largest absolute Gasteiger partial charge is 0.337 e. The molecule has 0 saturated heterocycles. The lowest BCUT2D eigenvalue weighted by atomic mass is 10.1. The maximum absolute atomic E-state index is 13.2. The highest BCUT2D eigenvalue weighted by atomic mass is 16.2. The molecule has 2 amide bonds. The van der Waals surface area contributed by atoms with E-state index in [-0.39, 0.29) is 17.7 Å². The Morgan fingerprint density at radius 3 is 2.62 bits per heavy atom. The number of nitrogens with zero attached hydrogens (tertiary/aromatic N) is 3. The van der Waals surface area contributed by atoms with Crippen molar-refractivity contribution in [1.29, 1.82) is 0 Å². The molecule has 0 unspecified atom stereocenters. The van der Waals surface area contributed by atoms with E-state index in [0.29, 0.717) is 24.3 Å². The minimum Gasteiger partial charge on any atom is -0.337 e. The fourth-order valence-corrected chi connectivity index (χ4v) is 2.63. The van der Waals surface area contributed by atoms with Gasteiger partial charge in [-0.1, -0.05) is 32.4 Å². The van der Waals surface area contributed by atoms with E-state index in [1.807, 2.05) is 57.6 Å². The van der Waals surface area contributed by atoms with Crippen LogP contribution in [-0.2, 0) is 18.4 Å². The third-order valence-electron chi connectivity index (χ3n) is 4.22. The summed E-state index contributed by atoms with van der Waals surface area (Å²) in [7, 11) is 1.91. The fraction of sp³-hybridized carbons (Fsp3) is 0.450. The van der Waals surface area contributed by atoms with E-state index in [0.717, 1.165) is 17.8 Å². The Kier molecular flexibility index (Phi) is 6.55. The lowest BCUT2D eigenvalue weighted by Crippen LogP contribution is -2.33. The summed E-state index contributed by atoms with van der Waals surface area (Å²) >= 11 is 0. The average Bonchev–Trinajstić information content (AvgIpc) is 3.00. The molecule has 0 aliphatic carbocycles. The van der Waals surface area contributed by atoms with Crippen LogP contribution in [0, 0.1) is 12.8 Å². The summed E-state index contributed by atoms with van der Waals surface area (Å²) in [6.07, 6.45) is 4.44. The molecule has 26 heavy (non-hydrogen) atoms. The van der Waals surface area contributed by atoms with Crippen LogP contribution in [0.3, 0.4) is 0 Å². The molecule has 0 aliphatic heterocycles. The van der Waals surface area contributed by atoms with Crippen molar-refractivity contribution in [1.82, 2.24) is 14.5 Å². The predicted octanol–water partition coefficient (Wildman–Crippen LogP) is 3.38. The first-order valence-electron chi connectivity index (χ1n) is 9.00. The highest BCUT2D eigenvalue weighted by Gasteiger charge is 2.21. The summed E-state index contributed by atoms with van der Waals surface area (Å²) in [6.45, 7) is 8.69. The number of aromatic nitrogens is 2. The second kappa shape index (κ2) is 8.65. The van der Waals surface area contributed by atoms with E-state index in [2.05, 4.69) is 10.3 Å². The number of carbonyl (C=O) groups is 2. The first kappa shape index (κ1) is 19.7. The van der Waals surface area contributed by atoms with Crippen molar-refractivity contribution in [3.05, 3.63) is 47.5 Å². The minimum atomic E-state index is -0.154. The first-order chi connectivity index (χ1) is 12.3. The minimum absolute atomic E-state index is 0.0994. The highest BCUT2D eigenvalue weighted by Crippen LogP contribution is 2.21. The smallest absolute Gasteiger partial charge is 0.256 e. The van der Waals surface area contributed by atoms with Crippen molar-refractivity contribution in [2.45, 2.75) is 40.7 Å². The molecule has 1 N–H and O–H groups in total. The molecule has 2 aromatic rings. The average molecular weight is 356 g/mol. The Bertz CT molecular complexity index is 780. The van der Waals surface area contributed by atoms with E-state index < -0.39 is 0 Å². The summed E-state index contributed by atoms with van der Waals surface area (Å²) in [6, 6.07) is 5.53. The van der Waals surface area contributed by atoms with Gasteiger partial charge in [-0.2, -0.15) is 0 Å². The number of rotatable bonds is 7. The van der Waals surface area contributed by atoms with Crippen molar-refractivity contribution in [3.8, 4) is 0 Å². The lowest BCUT2D eigenvalue weighted by molar-refractivity contribution is -0.118. The Morgan fingerprint density at radius 2 is 2.04 bits per heavy atom. The van der Waals surface area contributed by atoms with Crippen LogP contribution >= 0.6 is 0 Å². The maximum Gasteiger partial charge on any atom is 0.256 e. The van der Waals surface area contributed by atoms with Gasteiger partial charge in [0.05, 0.1) is 17.8 Å². The van der Waals surface area contributed by atoms with Crippen molar-refractivity contribution < 1.29 is 9.59 Å². The number of amides is 2. The zero-order chi connectivity index (χ0) is 19.3. The van der Waals surface area contributed by atoms with Crippen LogP contribution in [0.5, 0.6) is 0 Å². The van der Waals surface area contributed by atoms with Gasteiger partial charge in [-0.3, -0.25) is 9.59 Å². The quantitative estimate of drug-likeness (QED) is 0.827. The third kappa shape index (κ3) is 4.71. The number of carbonyl (C=O) groups excluding carboxylic acids is 2. The van der Waals surface area contributed by atoms with Crippen molar-refractivity contribution in [2.75, 3.05) is 11.9 Å². The molecule has 1 aromatic heterocycles. The lowest BCUT2D eigenvalue weighted by Gasteiger charge is -2.24. The van der Waals surface area contributed by atoms with Crippen LogP contribution in [0.15, 0.2) is 30.6 Å². The molecule has 0 aliphatic rings. The molecule has 0 atom stereocenters. The van der Waals surface area contributed by atoms with Gasteiger partial charge in [0.1, 0.15) is 5.82 Å². The molecule has 0 fully saturated rings. The third-order valence-corrected chi connectivity index (χ3v) is 4.22. The number of anilines is 1. The van der Waals surface area contributed by atoms with Gasteiger partial charge < -0.3 is 14.8 Å². The van der Waals surface area contributed by atoms with Gasteiger partial charge in [0, 0.05) is 31.9 Å². The second-order valence-electron chi connectivity index (χ2n) is 6.87. The molecule has 0 bridgehead atoms. The van der Waals surface area contributed by atoms with E-state index in [9.17, 15) is 9.59 Å². The van der Waals surface area contributed by atoms with Gasteiger partial charge in [-0.25, -0.2) is 4.98 Å². The molecule has 0 spiro atoms. The first-order valence-corrected chi connectivity index (χ1v) is 9.00. The molecule has 0 saturated carbocycles. The number of imidazole rings is 1. The molecule has 6 heteroatoms. The van der Waals surface area contributed by atoms with Crippen LogP contribution < -0.4 is 5.32 Å². The number of hydrogen-bond donors (Lipinski definition) is 1. The predicted molar refractivity (Wildman–Crippen MR) is 103 cm³/mol. The Labute approximate surface area is 155 Å². The highest BCUT2D eigenvalue weighted by molar-refractivity contribution is 6.04. The van der Waals surface area contributed by atoms with E-state index in [4.69, 9.17) is 0 Å². The number of hydrogen-bond acceptors (Lipinski definition) is 3. The van der Waals surface area contributed by atoms with Gasteiger partial charge in [0.25, 0.3) is 5.91 Å². The van der Waals surface area contributed by atoms with Gasteiger partial charge in [-0.15, -0.1) is 0 Å². The molecular formula is C20H28N4O2. The summed E-state index contributed by atoms with van der Waals surface area (Å²) in [4.78, 5) is 31.5. The van der Waals surface area contributed by atoms with Crippen molar-refractivity contribution >= 4 is 17.5 Å². The monoisotopic (exact) mass is 356 g/mol. The van der Waals surface area contributed by atoms with Crippen LogP contribution in [0.25, 0.3) is 0 Å². The van der Waals surface area contributed by atoms with Crippen LogP contribution in [-0.4, -0.2) is 32.8 Å².